The average molecular weight is 341 g/mol. The molecule has 3 rings (SSSR count). The highest BCUT2D eigenvalue weighted by atomic mass is 16.5. The Bertz CT molecular complexity index is 734. The molecule has 1 heterocycles. The topological polar surface area (TPSA) is 82.6 Å². The Morgan fingerprint density at radius 1 is 1.08 bits per heavy atom. The van der Waals surface area contributed by atoms with Crippen LogP contribution in [0.1, 0.15) is 11.1 Å². The number of rotatable bonds is 6. The average Bonchev–Trinajstić information content (AvgIpc) is 2.80. The number of fused-ring (bicyclic) bond motifs is 2. The molecule has 0 unspecified atom stereocenters. The summed E-state index contributed by atoms with van der Waals surface area (Å²) in [5.74, 6) is 0. The molecule has 6 nitrogen and oxygen atoms in total. The van der Waals surface area contributed by atoms with Crippen LogP contribution in [0.25, 0.3) is 0 Å². The maximum atomic E-state index is 11.9. The normalized spacial score (nSPS) is 12.4. The highest BCUT2D eigenvalue weighted by molar-refractivity contribution is 5.90. The number of nitrogens with one attached hydrogen (secondary N) is 3. The number of hydrogen-bond acceptors (Lipinski definition) is 4. The first kappa shape index (κ1) is 17.3. The summed E-state index contributed by atoms with van der Waals surface area (Å²) in [5.41, 5.74) is 5.41. The first-order chi connectivity index (χ1) is 12.3. The lowest BCUT2D eigenvalue weighted by molar-refractivity contribution is 0.0950. The third kappa shape index (κ3) is 4.71. The predicted octanol–water partition coefficient (Wildman–Crippen LogP) is 2.66. The minimum Gasteiger partial charge on any atom is -0.394 e. The maximum absolute atomic E-state index is 11.9. The van der Waals surface area contributed by atoms with Gasteiger partial charge >= 0.3 is 6.03 Å². The van der Waals surface area contributed by atoms with Crippen LogP contribution in [-0.2, 0) is 17.6 Å². The second kappa shape index (κ2) is 8.50. The summed E-state index contributed by atoms with van der Waals surface area (Å²) in [4.78, 5) is 11.9. The van der Waals surface area contributed by atoms with Gasteiger partial charge in [0.15, 0.2) is 0 Å². The van der Waals surface area contributed by atoms with E-state index in [0.717, 1.165) is 29.9 Å². The van der Waals surface area contributed by atoms with Crippen molar-refractivity contribution in [3.63, 3.8) is 0 Å². The fourth-order valence-electron chi connectivity index (χ4n) is 2.84. The van der Waals surface area contributed by atoms with Crippen molar-refractivity contribution in [1.29, 1.82) is 0 Å². The Morgan fingerprint density at radius 2 is 1.88 bits per heavy atom. The molecule has 0 atom stereocenters. The molecule has 1 aliphatic rings. The minimum atomic E-state index is -0.276. The van der Waals surface area contributed by atoms with Crippen LogP contribution in [-0.4, -0.2) is 37.5 Å². The first-order valence-electron chi connectivity index (χ1n) is 8.47. The molecule has 0 radical (unpaired) electrons. The zero-order valence-electron chi connectivity index (χ0n) is 14.0. The number of ether oxygens (including phenoxy) is 1. The molecule has 0 fully saturated rings. The van der Waals surface area contributed by atoms with E-state index in [-0.39, 0.29) is 19.2 Å². The van der Waals surface area contributed by atoms with Gasteiger partial charge in [0.05, 0.1) is 19.8 Å². The molecule has 2 aromatic rings. The number of benzene rings is 2. The van der Waals surface area contributed by atoms with Crippen molar-refractivity contribution >= 4 is 23.1 Å². The molecule has 2 aromatic carbocycles. The van der Waals surface area contributed by atoms with Crippen molar-refractivity contribution in [3.05, 3.63) is 53.6 Å². The van der Waals surface area contributed by atoms with Gasteiger partial charge in [0.25, 0.3) is 0 Å². The number of carbonyl (C=O) groups is 1. The fourth-order valence-corrected chi connectivity index (χ4v) is 2.84. The molecule has 0 aromatic heterocycles. The van der Waals surface area contributed by atoms with E-state index in [1.165, 1.54) is 11.1 Å². The largest absolute Gasteiger partial charge is 0.394 e. The van der Waals surface area contributed by atoms with Gasteiger partial charge in [-0.15, -0.1) is 0 Å². The summed E-state index contributed by atoms with van der Waals surface area (Å²) in [5, 5.41) is 17.6. The molecule has 0 bridgehead atoms. The Hall–Kier alpha value is -2.57. The Balaban J connectivity index is 1.60. The van der Waals surface area contributed by atoms with Gasteiger partial charge < -0.3 is 25.8 Å². The van der Waals surface area contributed by atoms with E-state index in [9.17, 15) is 4.79 Å². The van der Waals surface area contributed by atoms with Crippen LogP contribution in [0.15, 0.2) is 42.5 Å². The smallest absolute Gasteiger partial charge is 0.319 e. The second-order valence-corrected chi connectivity index (χ2v) is 5.87. The molecular formula is C19H23N3O3. The second-order valence-electron chi connectivity index (χ2n) is 5.87. The van der Waals surface area contributed by atoms with E-state index >= 15 is 0 Å². The van der Waals surface area contributed by atoms with E-state index < -0.39 is 0 Å². The standard InChI is InChI=1S/C19H23N3O3/c23-10-12-25-11-9-20-19(24)21-16-8-7-15-6-5-14-3-1-2-4-17(14)22-18(15)13-16/h1-4,7-8,13,22-23H,5-6,9-12H2,(H2,20,21,24). The third-order valence-electron chi connectivity index (χ3n) is 4.09. The molecule has 132 valence electrons. The minimum absolute atomic E-state index is 0.0164. The number of amides is 2. The van der Waals surface area contributed by atoms with Crippen LogP contribution >= 0.6 is 0 Å². The number of carbonyl (C=O) groups excluding carboxylic acids is 1. The van der Waals surface area contributed by atoms with Gasteiger partial charge in [-0.3, -0.25) is 0 Å². The van der Waals surface area contributed by atoms with Crippen molar-refractivity contribution in [2.45, 2.75) is 12.8 Å². The van der Waals surface area contributed by atoms with Gasteiger partial charge in [-0.1, -0.05) is 24.3 Å². The van der Waals surface area contributed by atoms with Crippen LogP contribution in [0.5, 0.6) is 0 Å². The van der Waals surface area contributed by atoms with E-state index in [2.05, 4.69) is 34.1 Å². The number of hydrogen-bond donors (Lipinski definition) is 4. The highest BCUT2D eigenvalue weighted by Crippen LogP contribution is 2.31. The quantitative estimate of drug-likeness (QED) is 0.609. The zero-order valence-corrected chi connectivity index (χ0v) is 14.0. The van der Waals surface area contributed by atoms with Crippen molar-refractivity contribution < 1.29 is 14.6 Å². The molecule has 1 aliphatic heterocycles. The molecule has 6 heteroatoms. The SMILES string of the molecule is O=C(NCCOCCO)Nc1ccc2c(c1)Nc1ccccc1CC2. The molecule has 0 saturated carbocycles. The summed E-state index contributed by atoms with van der Waals surface area (Å²) in [6, 6.07) is 13.9. The van der Waals surface area contributed by atoms with Crippen LogP contribution in [0.3, 0.4) is 0 Å². The van der Waals surface area contributed by atoms with Crippen LogP contribution in [0.2, 0.25) is 0 Å². The number of aryl methyl sites for hydroxylation is 2. The molecular weight excluding hydrogens is 318 g/mol. The predicted molar refractivity (Wildman–Crippen MR) is 98.5 cm³/mol. The first-order valence-corrected chi connectivity index (χ1v) is 8.47. The molecule has 0 saturated heterocycles. The lowest BCUT2D eigenvalue weighted by atomic mass is 10.0. The monoisotopic (exact) mass is 341 g/mol. The van der Waals surface area contributed by atoms with Gasteiger partial charge in [0, 0.05) is 23.6 Å². The summed E-state index contributed by atoms with van der Waals surface area (Å²) >= 11 is 0. The van der Waals surface area contributed by atoms with Crippen molar-refractivity contribution in [3.8, 4) is 0 Å². The summed E-state index contributed by atoms with van der Waals surface area (Å²) in [7, 11) is 0. The third-order valence-corrected chi connectivity index (χ3v) is 4.09. The van der Waals surface area contributed by atoms with Crippen molar-refractivity contribution in [1.82, 2.24) is 5.32 Å². The number of urea groups is 1. The highest BCUT2D eigenvalue weighted by Gasteiger charge is 2.13. The molecule has 0 spiro atoms. The van der Waals surface area contributed by atoms with Gasteiger partial charge in [-0.2, -0.15) is 0 Å². The molecule has 25 heavy (non-hydrogen) atoms. The maximum Gasteiger partial charge on any atom is 0.319 e. The Kier molecular flexibility index (Phi) is 5.87. The van der Waals surface area contributed by atoms with E-state index in [1.807, 2.05) is 24.3 Å². The lowest BCUT2D eigenvalue weighted by Gasteiger charge is -2.13. The van der Waals surface area contributed by atoms with Crippen LogP contribution in [0, 0.1) is 0 Å². The van der Waals surface area contributed by atoms with Crippen LogP contribution in [0.4, 0.5) is 21.9 Å². The Morgan fingerprint density at radius 3 is 2.72 bits per heavy atom. The van der Waals surface area contributed by atoms with Gasteiger partial charge in [0.1, 0.15) is 0 Å². The van der Waals surface area contributed by atoms with Crippen molar-refractivity contribution in [2.24, 2.45) is 0 Å². The van der Waals surface area contributed by atoms with Crippen LogP contribution < -0.4 is 16.0 Å². The number of aliphatic hydroxyl groups excluding tert-OH is 1. The summed E-state index contributed by atoms with van der Waals surface area (Å²) in [6.45, 7) is 1.03. The van der Waals surface area contributed by atoms with Gasteiger partial charge in [-0.25, -0.2) is 4.79 Å². The lowest BCUT2D eigenvalue weighted by Crippen LogP contribution is -2.31. The van der Waals surface area contributed by atoms with E-state index in [1.54, 1.807) is 0 Å². The summed E-state index contributed by atoms with van der Waals surface area (Å²) < 4.78 is 5.10. The number of para-hydroxylation sites is 1. The Labute approximate surface area is 147 Å². The molecule has 0 aliphatic carbocycles. The van der Waals surface area contributed by atoms with E-state index in [0.29, 0.717) is 13.2 Å². The van der Waals surface area contributed by atoms with Crippen molar-refractivity contribution in [2.75, 3.05) is 37.0 Å². The molecule has 2 amide bonds. The molecule has 4 N–H and O–H groups in total. The zero-order chi connectivity index (χ0) is 17.5. The summed E-state index contributed by atoms with van der Waals surface area (Å²) in [6.07, 6.45) is 1.96. The van der Waals surface area contributed by atoms with E-state index in [4.69, 9.17) is 9.84 Å². The number of aliphatic hydroxyl groups is 1. The van der Waals surface area contributed by atoms with Gasteiger partial charge in [-0.05, 0) is 42.2 Å². The number of anilines is 3. The fraction of sp³-hybridized carbons (Fsp3) is 0.316. The van der Waals surface area contributed by atoms with Gasteiger partial charge in [0.2, 0.25) is 0 Å².